The Kier molecular flexibility index (Phi) is 5.48. The van der Waals surface area contributed by atoms with Crippen LogP contribution in [0.3, 0.4) is 0 Å². The van der Waals surface area contributed by atoms with E-state index in [1.807, 2.05) is 0 Å². The highest BCUT2D eigenvalue weighted by atomic mass is 16.6. The first-order chi connectivity index (χ1) is 9.24. The number of carbonyl (C=O) groups excluding carboxylic acids is 2. The Morgan fingerprint density at radius 3 is 1.42 bits per heavy atom. The Morgan fingerprint density at radius 2 is 1.05 bits per heavy atom. The van der Waals surface area contributed by atoms with E-state index >= 15 is 0 Å². The SMILES string of the molecule is O=C(NC(=O)OC1CCCCC1)OC1CCCCC1. The molecule has 2 aliphatic rings. The maximum atomic E-state index is 11.5. The van der Waals surface area contributed by atoms with Gasteiger partial charge >= 0.3 is 12.2 Å². The number of nitrogens with one attached hydrogen (secondary N) is 1. The van der Waals surface area contributed by atoms with E-state index in [2.05, 4.69) is 5.32 Å². The smallest absolute Gasteiger partial charge is 0.416 e. The minimum atomic E-state index is -0.673. The topological polar surface area (TPSA) is 64.6 Å². The van der Waals surface area contributed by atoms with E-state index in [9.17, 15) is 9.59 Å². The molecule has 108 valence electrons. The van der Waals surface area contributed by atoms with Gasteiger partial charge < -0.3 is 9.47 Å². The van der Waals surface area contributed by atoms with Crippen molar-refractivity contribution >= 4 is 12.2 Å². The van der Waals surface area contributed by atoms with Gasteiger partial charge in [-0.2, -0.15) is 0 Å². The minimum absolute atomic E-state index is 0.0452. The second-order valence-electron chi connectivity index (χ2n) is 5.46. The van der Waals surface area contributed by atoms with Gasteiger partial charge in [-0.25, -0.2) is 14.9 Å². The molecule has 0 aromatic heterocycles. The standard InChI is InChI=1S/C14H23NO4/c16-13(18-11-7-3-1-4-8-11)15-14(17)19-12-9-5-2-6-10-12/h11-12H,1-10H2,(H,15,16,17). The minimum Gasteiger partial charge on any atom is -0.446 e. The Hall–Kier alpha value is -1.26. The first kappa shape index (κ1) is 14.2. The molecule has 0 aliphatic heterocycles. The molecule has 0 unspecified atom stereocenters. The number of rotatable bonds is 2. The fourth-order valence-corrected chi connectivity index (χ4v) is 2.81. The highest BCUT2D eigenvalue weighted by Crippen LogP contribution is 2.21. The monoisotopic (exact) mass is 269 g/mol. The highest BCUT2D eigenvalue weighted by Gasteiger charge is 2.22. The van der Waals surface area contributed by atoms with Crippen LogP contribution < -0.4 is 5.32 Å². The normalized spacial score (nSPS) is 21.7. The lowest BCUT2D eigenvalue weighted by atomic mass is 9.98. The number of ether oxygens (including phenoxy) is 2. The van der Waals surface area contributed by atoms with Crippen LogP contribution in [-0.4, -0.2) is 24.4 Å². The first-order valence-electron chi connectivity index (χ1n) is 7.42. The zero-order chi connectivity index (χ0) is 13.5. The van der Waals surface area contributed by atoms with Crippen LogP contribution in [0.25, 0.3) is 0 Å². The molecule has 2 saturated carbocycles. The number of carbonyl (C=O) groups is 2. The van der Waals surface area contributed by atoms with Crippen LogP contribution in [0.15, 0.2) is 0 Å². The number of alkyl carbamates (subject to hydrolysis) is 2. The molecular formula is C14H23NO4. The third-order valence-corrected chi connectivity index (χ3v) is 3.86. The Bertz CT molecular complexity index is 277. The molecule has 0 bridgehead atoms. The van der Waals surface area contributed by atoms with Crippen molar-refractivity contribution < 1.29 is 19.1 Å². The predicted molar refractivity (Wildman–Crippen MR) is 69.8 cm³/mol. The maximum absolute atomic E-state index is 11.5. The van der Waals surface area contributed by atoms with Crippen LogP contribution in [0.1, 0.15) is 64.2 Å². The summed E-state index contributed by atoms with van der Waals surface area (Å²) in [6, 6.07) is 0. The quantitative estimate of drug-likeness (QED) is 0.833. The first-order valence-corrected chi connectivity index (χ1v) is 7.42. The number of hydrogen-bond acceptors (Lipinski definition) is 4. The summed E-state index contributed by atoms with van der Waals surface area (Å²) in [4.78, 5) is 23.1. The van der Waals surface area contributed by atoms with E-state index in [4.69, 9.17) is 9.47 Å². The molecule has 2 rings (SSSR count). The summed E-state index contributed by atoms with van der Waals surface area (Å²) in [6.07, 6.45) is 8.89. The highest BCUT2D eigenvalue weighted by molar-refractivity contribution is 5.87. The van der Waals surface area contributed by atoms with Gasteiger partial charge in [0.1, 0.15) is 12.2 Å². The molecule has 5 heteroatoms. The van der Waals surface area contributed by atoms with Crippen molar-refractivity contribution in [2.24, 2.45) is 0 Å². The summed E-state index contributed by atoms with van der Waals surface area (Å²) in [7, 11) is 0. The molecule has 0 aromatic rings. The lowest BCUT2D eigenvalue weighted by Crippen LogP contribution is -2.37. The van der Waals surface area contributed by atoms with Gasteiger partial charge in [0, 0.05) is 0 Å². The summed E-state index contributed by atoms with van der Waals surface area (Å²) in [5.74, 6) is 0. The Balaban J connectivity index is 1.64. The van der Waals surface area contributed by atoms with Crippen molar-refractivity contribution in [2.75, 3.05) is 0 Å². The van der Waals surface area contributed by atoms with Gasteiger partial charge in [0.05, 0.1) is 0 Å². The summed E-state index contributed by atoms with van der Waals surface area (Å²) in [5.41, 5.74) is 0. The van der Waals surface area contributed by atoms with E-state index in [1.165, 1.54) is 12.8 Å². The number of hydrogen-bond donors (Lipinski definition) is 1. The van der Waals surface area contributed by atoms with E-state index in [-0.39, 0.29) is 12.2 Å². The molecule has 0 atom stereocenters. The fourth-order valence-electron chi connectivity index (χ4n) is 2.81. The van der Waals surface area contributed by atoms with Gasteiger partial charge in [-0.1, -0.05) is 12.8 Å². The van der Waals surface area contributed by atoms with E-state index in [1.54, 1.807) is 0 Å². The van der Waals surface area contributed by atoms with Crippen molar-refractivity contribution in [3.05, 3.63) is 0 Å². The van der Waals surface area contributed by atoms with Crippen molar-refractivity contribution in [2.45, 2.75) is 76.4 Å². The predicted octanol–water partition coefficient (Wildman–Crippen LogP) is 3.51. The number of imide groups is 1. The molecule has 5 nitrogen and oxygen atoms in total. The van der Waals surface area contributed by atoms with Gasteiger partial charge in [0.25, 0.3) is 0 Å². The van der Waals surface area contributed by atoms with Crippen molar-refractivity contribution in [1.82, 2.24) is 5.32 Å². The average molecular weight is 269 g/mol. The lowest BCUT2D eigenvalue weighted by molar-refractivity contribution is 0.0576. The Morgan fingerprint density at radius 1 is 0.684 bits per heavy atom. The maximum Gasteiger partial charge on any atom is 0.416 e. The van der Waals surface area contributed by atoms with Crippen LogP contribution in [0.4, 0.5) is 9.59 Å². The van der Waals surface area contributed by atoms with Crippen molar-refractivity contribution in [1.29, 1.82) is 0 Å². The van der Waals surface area contributed by atoms with Crippen molar-refractivity contribution in [3.63, 3.8) is 0 Å². The van der Waals surface area contributed by atoms with Crippen LogP contribution in [-0.2, 0) is 9.47 Å². The molecule has 2 amide bonds. The summed E-state index contributed by atoms with van der Waals surface area (Å²) >= 11 is 0. The van der Waals surface area contributed by atoms with Crippen LogP contribution in [0.2, 0.25) is 0 Å². The van der Waals surface area contributed by atoms with E-state index in [0.29, 0.717) is 0 Å². The second kappa shape index (κ2) is 7.36. The molecule has 2 aliphatic carbocycles. The summed E-state index contributed by atoms with van der Waals surface area (Å²) in [5, 5.41) is 2.15. The van der Waals surface area contributed by atoms with Crippen LogP contribution >= 0.6 is 0 Å². The van der Waals surface area contributed by atoms with Crippen molar-refractivity contribution in [3.8, 4) is 0 Å². The third-order valence-electron chi connectivity index (χ3n) is 3.86. The van der Waals surface area contributed by atoms with Gasteiger partial charge in [-0.05, 0) is 51.4 Å². The summed E-state index contributed by atoms with van der Waals surface area (Å²) < 4.78 is 10.4. The zero-order valence-electron chi connectivity index (χ0n) is 11.4. The largest absolute Gasteiger partial charge is 0.446 e. The Labute approximate surface area is 114 Å². The molecule has 19 heavy (non-hydrogen) atoms. The van der Waals surface area contributed by atoms with E-state index < -0.39 is 12.2 Å². The third kappa shape index (κ3) is 5.09. The van der Waals surface area contributed by atoms with Crippen LogP contribution in [0.5, 0.6) is 0 Å². The van der Waals surface area contributed by atoms with Gasteiger partial charge in [0.2, 0.25) is 0 Å². The van der Waals surface area contributed by atoms with Gasteiger partial charge in [-0.15, -0.1) is 0 Å². The van der Waals surface area contributed by atoms with Crippen LogP contribution in [0, 0.1) is 0 Å². The van der Waals surface area contributed by atoms with Gasteiger partial charge in [-0.3, -0.25) is 0 Å². The lowest BCUT2D eigenvalue weighted by Gasteiger charge is -2.23. The molecule has 1 N–H and O–H groups in total. The molecule has 2 fully saturated rings. The molecule has 0 spiro atoms. The van der Waals surface area contributed by atoms with Gasteiger partial charge in [0.15, 0.2) is 0 Å². The van der Waals surface area contributed by atoms with E-state index in [0.717, 1.165) is 51.4 Å². The molecule has 0 radical (unpaired) electrons. The molecular weight excluding hydrogens is 246 g/mol. The second-order valence-corrected chi connectivity index (χ2v) is 5.46. The molecule has 0 heterocycles. The number of amides is 2. The average Bonchev–Trinajstić information content (AvgIpc) is 2.40. The molecule has 0 saturated heterocycles. The molecule has 0 aromatic carbocycles. The zero-order valence-corrected chi connectivity index (χ0v) is 11.4. The fraction of sp³-hybridized carbons (Fsp3) is 0.857. The summed E-state index contributed by atoms with van der Waals surface area (Å²) in [6.45, 7) is 0.